The molecule has 1 aromatic carbocycles. The van der Waals surface area contributed by atoms with E-state index in [0.717, 1.165) is 18.5 Å². The fourth-order valence-electron chi connectivity index (χ4n) is 2.02. The van der Waals surface area contributed by atoms with Crippen molar-refractivity contribution in [1.29, 1.82) is 0 Å². The second kappa shape index (κ2) is 6.77. The second-order valence-electron chi connectivity index (χ2n) is 3.95. The van der Waals surface area contributed by atoms with E-state index in [-0.39, 0.29) is 18.2 Å². The molecule has 0 radical (unpaired) electrons. The Bertz CT molecular complexity index is 326. The van der Waals surface area contributed by atoms with Crippen molar-refractivity contribution in [2.75, 3.05) is 6.54 Å². The minimum atomic E-state index is -2.75. The molecular formula is C12H16ClF2NO. The van der Waals surface area contributed by atoms with Gasteiger partial charge in [-0.2, -0.15) is 8.78 Å². The smallest absolute Gasteiger partial charge is 0.387 e. The molecule has 1 saturated heterocycles. The summed E-state index contributed by atoms with van der Waals surface area (Å²) in [6, 6.07) is 7.24. The third kappa shape index (κ3) is 4.13. The molecule has 1 N–H and O–H groups in total. The first kappa shape index (κ1) is 14.2. The molecule has 1 heterocycles. The number of halogens is 3. The van der Waals surface area contributed by atoms with Crippen LogP contribution in [-0.4, -0.2) is 13.2 Å². The molecule has 5 heteroatoms. The van der Waals surface area contributed by atoms with E-state index in [1.807, 2.05) is 12.1 Å². The molecule has 0 aromatic heterocycles. The number of rotatable bonds is 3. The molecule has 1 aliphatic heterocycles. The summed E-state index contributed by atoms with van der Waals surface area (Å²) >= 11 is 0. The minimum absolute atomic E-state index is 0. The Labute approximate surface area is 106 Å². The van der Waals surface area contributed by atoms with E-state index in [2.05, 4.69) is 10.1 Å². The van der Waals surface area contributed by atoms with Crippen molar-refractivity contribution in [2.45, 2.75) is 31.9 Å². The summed E-state index contributed by atoms with van der Waals surface area (Å²) in [6.45, 7) is -1.72. The maximum absolute atomic E-state index is 11.9. The zero-order chi connectivity index (χ0) is 11.4. The molecule has 0 saturated carbocycles. The Kier molecular flexibility index (Phi) is 5.65. The summed E-state index contributed by atoms with van der Waals surface area (Å²) < 4.78 is 28.2. The maximum Gasteiger partial charge on any atom is 0.387 e. The van der Waals surface area contributed by atoms with E-state index in [1.165, 1.54) is 12.8 Å². The van der Waals surface area contributed by atoms with Gasteiger partial charge in [-0.15, -0.1) is 12.4 Å². The Morgan fingerprint density at radius 1 is 1.18 bits per heavy atom. The van der Waals surface area contributed by atoms with Crippen molar-refractivity contribution in [1.82, 2.24) is 5.32 Å². The molecule has 17 heavy (non-hydrogen) atoms. The molecule has 0 spiro atoms. The number of nitrogens with one attached hydrogen (secondary N) is 1. The van der Waals surface area contributed by atoms with Gasteiger partial charge in [0.2, 0.25) is 0 Å². The molecule has 1 unspecified atom stereocenters. The average molecular weight is 264 g/mol. The van der Waals surface area contributed by atoms with Crippen molar-refractivity contribution in [3.63, 3.8) is 0 Å². The van der Waals surface area contributed by atoms with Gasteiger partial charge in [0.25, 0.3) is 0 Å². The van der Waals surface area contributed by atoms with Gasteiger partial charge in [0.05, 0.1) is 0 Å². The van der Waals surface area contributed by atoms with Crippen molar-refractivity contribution < 1.29 is 13.5 Å². The van der Waals surface area contributed by atoms with Crippen LogP contribution >= 0.6 is 12.4 Å². The summed E-state index contributed by atoms with van der Waals surface area (Å²) in [5.74, 6) is 0.217. The summed E-state index contributed by atoms with van der Waals surface area (Å²) in [7, 11) is 0. The first-order chi connectivity index (χ1) is 7.75. The number of hydrogen-bond donors (Lipinski definition) is 1. The number of benzene rings is 1. The first-order valence-electron chi connectivity index (χ1n) is 5.54. The lowest BCUT2D eigenvalue weighted by Gasteiger charge is -2.23. The molecule has 1 aliphatic rings. The van der Waals surface area contributed by atoms with Crippen LogP contribution in [0.1, 0.15) is 30.9 Å². The zero-order valence-corrected chi connectivity index (χ0v) is 10.2. The topological polar surface area (TPSA) is 21.3 Å². The fourth-order valence-corrected chi connectivity index (χ4v) is 2.02. The van der Waals surface area contributed by atoms with Crippen LogP contribution in [-0.2, 0) is 0 Å². The van der Waals surface area contributed by atoms with Crippen molar-refractivity contribution >= 4 is 12.4 Å². The number of ether oxygens (including phenoxy) is 1. The van der Waals surface area contributed by atoms with Gasteiger partial charge in [0, 0.05) is 6.04 Å². The Balaban J connectivity index is 0.00000144. The van der Waals surface area contributed by atoms with Crippen LogP contribution in [0.3, 0.4) is 0 Å². The highest BCUT2D eigenvalue weighted by Gasteiger charge is 2.14. The van der Waals surface area contributed by atoms with Crippen LogP contribution in [0.4, 0.5) is 8.78 Å². The monoisotopic (exact) mass is 263 g/mol. The fraction of sp³-hybridized carbons (Fsp3) is 0.500. The van der Waals surface area contributed by atoms with Crippen molar-refractivity contribution in [3.8, 4) is 5.75 Å². The Morgan fingerprint density at radius 2 is 1.88 bits per heavy atom. The van der Waals surface area contributed by atoms with E-state index in [1.54, 1.807) is 12.1 Å². The molecule has 1 fully saturated rings. The van der Waals surface area contributed by atoms with Gasteiger partial charge < -0.3 is 10.1 Å². The SMILES string of the molecule is Cl.FC(F)Oc1ccc(C2CCCCN2)cc1. The van der Waals surface area contributed by atoms with Gasteiger partial charge in [-0.3, -0.25) is 0 Å². The molecule has 1 aromatic rings. The lowest BCUT2D eigenvalue weighted by molar-refractivity contribution is -0.0498. The normalized spacial score (nSPS) is 19.8. The molecule has 1 atom stereocenters. The molecule has 96 valence electrons. The minimum Gasteiger partial charge on any atom is -0.435 e. The number of alkyl halides is 2. The van der Waals surface area contributed by atoms with Gasteiger partial charge in [0.15, 0.2) is 0 Å². The summed E-state index contributed by atoms with van der Waals surface area (Å²) in [4.78, 5) is 0. The molecule has 0 bridgehead atoms. The maximum atomic E-state index is 11.9. The largest absolute Gasteiger partial charge is 0.435 e. The van der Waals surface area contributed by atoms with Crippen LogP contribution in [0.5, 0.6) is 5.75 Å². The number of piperidine rings is 1. The highest BCUT2D eigenvalue weighted by Crippen LogP contribution is 2.25. The number of hydrogen-bond acceptors (Lipinski definition) is 2. The quantitative estimate of drug-likeness (QED) is 0.901. The predicted octanol–water partition coefficient (Wildman–Crippen LogP) is 3.52. The van der Waals surface area contributed by atoms with E-state index in [4.69, 9.17) is 0 Å². The van der Waals surface area contributed by atoms with Crippen LogP contribution < -0.4 is 10.1 Å². The predicted molar refractivity (Wildman–Crippen MR) is 64.9 cm³/mol. The highest BCUT2D eigenvalue weighted by molar-refractivity contribution is 5.85. The van der Waals surface area contributed by atoms with Gasteiger partial charge in [0.1, 0.15) is 5.75 Å². The van der Waals surface area contributed by atoms with Gasteiger partial charge in [-0.25, -0.2) is 0 Å². The zero-order valence-electron chi connectivity index (χ0n) is 9.36. The molecule has 2 rings (SSSR count). The Hall–Kier alpha value is -0.870. The molecule has 2 nitrogen and oxygen atoms in total. The summed E-state index contributed by atoms with van der Waals surface area (Å²) in [5.41, 5.74) is 1.14. The van der Waals surface area contributed by atoms with Crippen LogP contribution in [0.2, 0.25) is 0 Å². The summed E-state index contributed by atoms with van der Waals surface area (Å²) in [6.07, 6.45) is 3.53. The van der Waals surface area contributed by atoms with Gasteiger partial charge >= 0.3 is 6.61 Å². The van der Waals surface area contributed by atoms with Gasteiger partial charge in [-0.05, 0) is 37.1 Å². The van der Waals surface area contributed by atoms with Crippen LogP contribution in [0.25, 0.3) is 0 Å². The van der Waals surface area contributed by atoms with Crippen molar-refractivity contribution in [2.24, 2.45) is 0 Å². The van der Waals surface area contributed by atoms with E-state index in [9.17, 15) is 8.78 Å². The third-order valence-corrected chi connectivity index (χ3v) is 2.82. The molecular weight excluding hydrogens is 248 g/mol. The average Bonchev–Trinajstić information content (AvgIpc) is 2.30. The van der Waals surface area contributed by atoms with E-state index < -0.39 is 6.61 Å². The van der Waals surface area contributed by atoms with E-state index in [0.29, 0.717) is 6.04 Å². The molecule has 0 aliphatic carbocycles. The standard InChI is InChI=1S/C12H15F2NO.ClH/c13-12(14)16-10-6-4-9(5-7-10)11-3-1-2-8-15-11;/h4-7,11-12,15H,1-3,8H2;1H. The van der Waals surface area contributed by atoms with Gasteiger partial charge in [-0.1, -0.05) is 18.6 Å². The first-order valence-corrected chi connectivity index (χ1v) is 5.54. The van der Waals surface area contributed by atoms with E-state index >= 15 is 0 Å². The lowest BCUT2D eigenvalue weighted by atomic mass is 9.98. The van der Waals surface area contributed by atoms with Crippen molar-refractivity contribution in [3.05, 3.63) is 29.8 Å². The Morgan fingerprint density at radius 3 is 2.41 bits per heavy atom. The molecule has 0 amide bonds. The van der Waals surface area contributed by atoms with Crippen LogP contribution in [0, 0.1) is 0 Å². The second-order valence-corrected chi connectivity index (χ2v) is 3.95. The summed E-state index contributed by atoms with van der Waals surface area (Å²) in [5, 5.41) is 3.41. The lowest BCUT2D eigenvalue weighted by Crippen LogP contribution is -2.26. The highest BCUT2D eigenvalue weighted by atomic mass is 35.5. The third-order valence-electron chi connectivity index (χ3n) is 2.82. The van der Waals surface area contributed by atoms with Crippen LogP contribution in [0.15, 0.2) is 24.3 Å².